The van der Waals surface area contributed by atoms with Crippen LogP contribution in [-0.2, 0) is 14.8 Å². The number of carbonyl (C=O) groups is 1. The third-order valence-electron chi connectivity index (χ3n) is 4.32. The van der Waals surface area contributed by atoms with Crippen LogP contribution in [-0.4, -0.2) is 38.0 Å². The van der Waals surface area contributed by atoms with Gasteiger partial charge in [0.1, 0.15) is 5.75 Å². The monoisotopic (exact) mass is 476 g/mol. The average Bonchev–Trinajstić information content (AvgIpc) is 2.76. The fourth-order valence-electron chi connectivity index (χ4n) is 2.78. The zero-order chi connectivity index (χ0) is 23.3. The first kappa shape index (κ1) is 23.3. The Morgan fingerprint density at radius 1 is 1.06 bits per heavy atom. The predicted molar refractivity (Wildman–Crippen MR) is 121 cm³/mol. The Hall–Kier alpha value is -3.37. The van der Waals surface area contributed by atoms with Crippen molar-refractivity contribution in [2.24, 2.45) is 0 Å². The minimum absolute atomic E-state index is 0.0217. The molecule has 9 nitrogen and oxygen atoms in total. The van der Waals surface area contributed by atoms with Crippen molar-refractivity contribution in [3.8, 4) is 11.6 Å². The van der Waals surface area contributed by atoms with Crippen LogP contribution in [0, 0.1) is 13.8 Å². The molecule has 2 N–H and O–H groups in total. The van der Waals surface area contributed by atoms with E-state index in [4.69, 9.17) is 21.1 Å². The largest absolute Gasteiger partial charge is 0.484 e. The topological polar surface area (TPSA) is 120 Å². The van der Waals surface area contributed by atoms with Crippen molar-refractivity contribution in [3.63, 3.8) is 0 Å². The number of rotatable bonds is 8. The van der Waals surface area contributed by atoms with Gasteiger partial charge in [-0.3, -0.25) is 9.52 Å². The molecule has 0 spiro atoms. The van der Waals surface area contributed by atoms with Crippen LogP contribution < -0.4 is 19.5 Å². The number of hydrogen-bond donors (Lipinski definition) is 2. The zero-order valence-corrected chi connectivity index (χ0v) is 19.1. The number of amides is 1. The Morgan fingerprint density at radius 2 is 1.69 bits per heavy atom. The van der Waals surface area contributed by atoms with Crippen LogP contribution in [0.4, 0.5) is 11.5 Å². The van der Waals surface area contributed by atoms with Crippen molar-refractivity contribution in [2.75, 3.05) is 23.8 Å². The summed E-state index contributed by atoms with van der Waals surface area (Å²) in [5.74, 6) is 0.156. The summed E-state index contributed by atoms with van der Waals surface area (Å²) in [7, 11) is -2.57. The smallest absolute Gasteiger partial charge is 0.263 e. The summed E-state index contributed by atoms with van der Waals surface area (Å²) in [5, 5.41) is 3.31. The van der Waals surface area contributed by atoms with Crippen LogP contribution in [0.3, 0.4) is 0 Å². The van der Waals surface area contributed by atoms with Gasteiger partial charge in [0.2, 0.25) is 5.82 Å². The molecule has 3 aromatic rings. The minimum atomic E-state index is -3.93. The number of benzene rings is 2. The maximum absolute atomic E-state index is 12.6. The van der Waals surface area contributed by atoms with E-state index in [1.54, 1.807) is 12.1 Å². The van der Waals surface area contributed by atoms with E-state index in [1.807, 2.05) is 13.8 Å². The lowest BCUT2D eigenvalue weighted by Crippen LogP contribution is -2.20. The number of halogens is 1. The van der Waals surface area contributed by atoms with Crippen molar-refractivity contribution in [1.82, 2.24) is 9.97 Å². The van der Waals surface area contributed by atoms with E-state index < -0.39 is 15.9 Å². The van der Waals surface area contributed by atoms with Gasteiger partial charge in [-0.25, -0.2) is 18.4 Å². The molecule has 0 atom stereocenters. The van der Waals surface area contributed by atoms with Gasteiger partial charge < -0.3 is 14.8 Å². The summed E-state index contributed by atoms with van der Waals surface area (Å²) in [6, 6.07) is 9.15. The average molecular weight is 477 g/mol. The molecule has 2 aromatic carbocycles. The summed E-state index contributed by atoms with van der Waals surface area (Å²) in [6.45, 7) is 3.49. The second-order valence-electron chi connectivity index (χ2n) is 6.75. The summed E-state index contributed by atoms with van der Waals surface area (Å²) >= 11 is 6.13. The van der Waals surface area contributed by atoms with Crippen LogP contribution in [0.15, 0.2) is 53.7 Å². The molecule has 32 heavy (non-hydrogen) atoms. The second-order valence-corrected chi connectivity index (χ2v) is 8.81. The molecule has 0 aliphatic rings. The lowest BCUT2D eigenvalue weighted by Gasteiger charge is -2.11. The van der Waals surface area contributed by atoms with E-state index in [0.29, 0.717) is 16.5 Å². The lowest BCUT2D eigenvalue weighted by atomic mass is 10.1. The van der Waals surface area contributed by atoms with E-state index in [0.717, 1.165) is 11.1 Å². The second kappa shape index (κ2) is 9.84. The standard InChI is InChI=1S/C21H21ClN4O5S/c1-13-10-16(11-14(2)19(13)22)31-12-18(27)25-15-4-6-17(7-5-15)32(28,29)26-20-21(30-3)24-9-8-23-20/h4-11H,12H2,1-3H3,(H,23,26)(H,25,27). The third-order valence-corrected chi connectivity index (χ3v) is 6.27. The molecule has 0 radical (unpaired) electrons. The Labute approximate surface area is 190 Å². The maximum atomic E-state index is 12.6. The first-order valence-electron chi connectivity index (χ1n) is 9.37. The number of nitrogens with zero attached hydrogens (tertiary/aromatic N) is 2. The minimum Gasteiger partial charge on any atom is -0.484 e. The Morgan fingerprint density at radius 3 is 2.31 bits per heavy atom. The molecule has 0 bridgehead atoms. The molecule has 168 valence electrons. The highest BCUT2D eigenvalue weighted by atomic mass is 35.5. The van der Waals surface area contributed by atoms with Gasteiger partial charge in [0.05, 0.1) is 12.0 Å². The molecule has 0 aliphatic carbocycles. The van der Waals surface area contributed by atoms with E-state index in [2.05, 4.69) is 20.0 Å². The number of aryl methyl sites for hydroxylation is 2. The SMILES string of the molecule is COc1nccnc1NS(=O)(=O)c1ccc(NC(=O)COc2cc(C)c(Cl)c(C)c2)cc1. The summed E-state index contributed by atoms with van der Waals surface area (Å²) in [6.07, 6.45) is 2.72. The van der Waals surface area contributed by atoms with Crippen molar-refractivity contribution >= 4 is 39.0 Å². The number of ether oxygens (including phenoxy) is 2. The maximum Gasteiger partial charge on any atom is 0.263 e. The molecule has 1 amide bonds. The van der Waals surface area contributed by atoms with Crippen LogP contribution in [0.2, 0.25) is 5.02 Å². The summed E-state index contributed by atoms with van der Waals surface area (Å²) in [5.41, 5.74) is 2.12. The Kier molecular flexibility index (Phi) is 7.16. The number of methoxy groups -OCH3 is 1. The fourth-order valence-corrected chi connectivity index (χ4v) is 3.90. The first-order chi connectivity index (χ1) is 15.2. The highest BCUT2D eigenvalue weighted by molar-refractivity contribution is 7.92. The summed E-state index contributed by atoms with van der Waals surface area (Å²) in [4.78, 5) is 20.0. The van der Waals surface area contributed by atoms with Crippen LogP contribution in [0.5, 0.6) is 11.6 Å². The highest BCUT2D eigenvalue weighted by Gasteiger charge is 2.18. The van der Waals surface area contributed by atoms with Gasteiger partial charge in [0.15, 0.2) is 6.61 Å². The van der Waals surface area contributed by atoms with Gasteiger partial charge in [0, 0.05) is 23.1 Å². The van der Waals surface area contributed by atoms with Crippen molar-refractivity contribution in [3.05, 3.63) is 64.9 Å². The molecule has 1 heterocycles. The van der Waals surface area contributed by atoms with Gasteiger partial charge in [-0.2, -0.15) is 0 Å². The third kappa shape index (κ3) is 5.65. The Balaban J connectivity index is 1.62. The summed E-state index contributed by atoms with van der Waals surface area (Å²) < 4.78 is 38.0. The molecule has 0 unspecified atom stereocenters. The molecule has 0 saturated heterocycles. The number of carbonyl (C=O) groups excluding carboxylic acids is 1. The van der Waals surface area contributed by atoms with Crippen LogP contribution in [0.25, 0.3) is 0 Å². The molecule has 0 fully saturated rings. The molecule has 0 saturated carbocycles. The van der Waals surface area contributed by atoms with E-state index in [9.17, 15) is 13.2 Å². The van der Waals surface area contributed by atoms with Crippen molar-refractivity contribution in [2.45, 2.75) is 18.7 Å². The van der Waals surface area contributed by atoms with Crippen LogP contribution >= 0.6 is 11.6 Å². The van der Waals surface area contributed by atoms with Crippen LogP contribution in [0.1, 0.15) is 11.1 Å². The van der Waals surface area contributed by atoms with Crippen molar-refractivity contribution in [1.29, 1.82) is 0 Å². The van der Waals surface area contributed by atoms with Gasteiger partial charge in [-0.05, 0) is 61.4 Å². The molecular weight excluding hydrogens is 456 g/mol. The molecule has 3 rings (SSSR count). The lowest BCUT2D eigenvalue weighted by molar-refractivity contribution is -0.118. The predicted octanol–water partition coefficient (Wildman–Crippen LogP) is 3.57. The zero-order valence-electron chi connectivity index (χ0n) is 17.5. The first-order valence-corrected chi connectivity index (χ1v) is 11.2. The van der Waals surface area contributed by atoms with E-state index in [1.165, 1.54) is 43.8 Å². The highest BCUT2D eigenvalue weighted by Crippen LogP contribution is 2.26. The van der Waals surface area contributed by atoms with Gasteiger partial charge >= 0.3 is 0 Å². The number of aromatic nitrogens is 2. The van der Waals surface area contributed by atoms with E-state index >= 15 is 0 Å². The van der Waals surface area contributed by atoms with Gasteiger partial charge in [0.25, 0.3) is 21.8 Å². The number of hydrogen-bond acceptors (Lipinski definition) is 7. The Bertz CT molecular complexity index is 1210. The molecule has 1 aromatic heterocycles. The van der Waals surface area contributed by atoms with Crippen molar-refractivity contribution < 1.29 is 22.7 Å². The number of nitrogens with one attached hydrogen (secondary N) is 2. The van der Waals surface area contributed by atoms with Gasteiger partial charge in [-0.15, -0.1) is 0 Å². The number of sulfonamides is 1. The van der Waals surface area contributed by atoms with Gasteiger partial charge in [-0.1, -0.05) is 11.6 Å². The molecular formula is C21H21ClN4O5S. The molecule has 0 aliphatic heterocycles. The molecule has 11 heteroatoms. The quantitative estimate of drug-likeness (QED) is 0.510. The fraction of sp³-hybridized carbons (Fsp3) is 0.190. The normalized spacial score (nSPS) is 11.0. The van der Waals surface area contributed by atoms with E-state index in [-0.39, 0.29) is 23.2 Å². The number of anilines is 2.